The minimum Gasteiger partial charge on any atom is -0.381 e. The zero-order valence-electron chi connectivity index (χ0n) is 10.6. The molecule has 0 radical (unpaired) electrons. The van der Waals surface area contributed by atoms with Crippen LogP contribution in [0.2, 0.25) is 0 Å². The predicted octanol–water partition coefficient (Wildman–Crippen LogP) is -0.0667. The van der Waals surface area contributed by atoms with Crippen LogP contribution in [0, 0.1) is 0 Å². The van der Waals surface area contributed by atoms with Gasteiger partial charge in [0.15, 0.2) is 5.78 Å². The van der Waals surface area contributed by atoms with E-state index in [1.165, 1.54) is 6.92 Å². The lowest BCUT2D eigenvalue weighted by molar-refractivity contribution is -0.592. The number of carbonyl (C=O) groups is 1. The molecule has 0 unspecified atom stereocenters. The number of aromatic nitrogens is 4. The molecule has 19 heavy (non-hydrogen) atoms. The third-order valence-corrected chi connectivity index (χ3v) is 3.42. The van der Waals surface area contributed by atoms with Crippen LogP contribution in [0.3, 0.4) is 0 Å². The lowest BCUT2D eigenvalue weighted by Gasteiger charge is -2.17. The fraction of sp³-hybridized carbons (Fsp3) is 0.500. The van der Waals surface area contributed by atoms with Gasteiger partial charge in [0.1, 0.15) is 6.20 Å². The number of nitrogens with one attached hydrogen (secondary N) is 2. The number of nitrogens with zero attached hydrogens (tertiary/aromatic N) is 2. The SMILES string of the molecule is CC(=O)c1n[n+]2c(C3CCOCC3)[nH]cc2c(=O)[nH]1. The van der Waals surface area contributed by atoms with Gasteiger partial charge in [0.05, 0.1) is 5.92 Å². The summed E-state index contributed by atoms with van der Waals surface area (Å²) < 4.78 is 6.88. The topological polar surface area (TPSA) is 91.9 Å². The number of ether oxygens (including phenoxy) is 1. The summed E-state index contributed by atoms with van der Waals surface area (Å²) in [4.78, 5) is 28.8. The average Bonchev–Trinajstić information content (AvgIpc) is 2.84. The Morgan fingerprint density at radius 2 is 2.21 bits per heavy atom. The van der Waals surface area contributed by atoms with Crippen LogP contribution in [0.4, 0.5) is 0 Å². The average molecular weight is 263 g/mol. The summed E-state index contributed by atoms with van der Waals surface area (Å²) in [6, 6.07) is 0. The molecule has 0 aliphatic carbocycles. The number of fused-ring (bicyclic) bond motifs is 1. The molecule has 2 N–H and O–H groups in total. The Balaban J connectivity index is 2.15. The van der Waals surface area contributed by atoms with Crippen molar-refractivity contribution in [3.05, 3.63) is 28.2 Å². The van der Waals surface area contributed by atoms with Crippen molar-refractivity contribution >= 4 is 11.3 Å². The van der Waals surface area contributed by atoms with Crippen LogP contribution in [-0.2, 0) is 4.74 Å². The molecule has 1 aliphatic rings. The van der Waals surface area contributed by atoms with E-state index in [0.29, 0.717) is 18.7 Å². The molecule has 0 atom stereocenters. The van der Waals surface area contributed by atoms with Gasteiger partial charge in [-0.05, 0) is 12.8 Å². The van der Waals surface area contributed by atoms with Gasteiger partial charge in [-0.25, -0.2) is 4.98 Å². The Hall–Kier alpha value is -2.02. The zero-order chi connectivity index (χ0) is 13.4. The van der Waals surface area contributed by atoms with E-state index >= 15 is 0 Å². The number of hydrogen-bond acceptors (Lipinski definition) is 4. The molecule has 1 fully saturated rings. The second-order valence-electron chi connectivity index (χ2n) is 4.72. The standard InChI is InChI=1S/C12H14N4O3/c1-7(17)10-14-12(18)9-6-13-11(16(9)15-10)8-2-4-19-5-3-8/h6,8H,2-5H2,1H3,(H,14,15,18)/p+1. The molecular formula is C12H15N4O3+. The number of H-pyrrole nitrogens is 2. The molecule has 0 bridgehead atoms. The summed E-state index contributed by atoms with van der Waals surface area (Å²) in [7, 11) is 0. The second-order valence-corrected chi connectivity index (χ2v) is 4.72. The fourth-order valence-electron chi connectivity index (χ4n) is 2.38. The minimum atomic E-state index is -0.310. The van der Waals surface area contributed by atoms with Gasteiger partial charge in [-0.2, -0.15) is 0 Å². The highest BCUT2D eigenvalue weighted by atomic mass is 16.5. The maximum atomic E-state index is 11.9. The van der Waals surface area contributed by atoms with Crippen LogP contribution in [0.15, 0.2) is 11.0 Å². The molecule has 7 heteroatoms. The number of imidazole rings is 1. The predicted molar refractivity (Wildman–Crippen MR) is 65.2 cm³/mol. The normalized spacial score (nSPS) is 16.9. The number of hydrogen-bond donors (Lipinski definition) is 2. The summed E-state index contributed by atoms with van der Waals surface area (Å²) in [6.45, 7) is 2.79. The first-order valence-electron chi connectivity index (χ1n) is 6.29. The van der Waals surface area contributed by atoms with Crippen molar-refractivity contribution in [1.29, 1.82) is 0 Å². The zero-order valence-corrected chi connectivity index (χ0v) is 10.6. The third-order valence-electron chi connectivity index (χ3n) is 3.42. The van der Waals surface area contributed by atoms with Gasteiger partial charge in [0.25, 0.3) is 11.3 Å². The van der Waals surface area contributed by atoms with Crippen LogP contribution in [-0.4, -0.2) is 34.1 Å². The van der Waals surface area contributed by atoms with E-state index in [9.17, 15) is 9.59 Å². The van der Waals surface area contributed by atoms with E-state index in [4.69, 9.17) is 4.74 Å². The van der Waals surface area contributed by atoms with Crippen LogP contribution >= 0.6 is 0 Å². The van der Waals surface area contributed by atoms with Gasteiger partial charge < -0.3 is 4.74 Å². The Morgan fingerprint density at radius 3 is 2.89 bits per heavy atom. The molecule has 2 aromatic heterocycles. The Morgan fingerprint density at radius 1 is 1.47 bits per heavy atom. The van der Waals surface area contributed by atoms with E-state index in [-0.39, 0.29) is 23.1 Å². The fourth-order valence-corrected chi connectivity index (χ4v) is 2.38. The van der Waals surface area contributed by atoms with Crippen molar-refractivity contribution in [3.8, 4) is 0 Å². The monoisotopic (exact) mass is 263 g/mol. The van der Waals surface area contributed by atoms with Crippen LogP contribution in [0.1, 0.15) is 42.1 Å². The first kappa shape index (κ1) is 12.0. The number of carbonyl (C=O) groups excluding carboxylic acids is 1. The van der Waals surface area contributed by atoms with Crippen molar-refractivity contribution < 1.29 is 14.0 Å². The lowest BCUT2D eigenvalue weighted by Crippen LogP contribution is -2.39. The van der Waals surface area contributed by atoms with E-state index in [0.717, 1.165) is 18.7 Å². The van der Waals surface area contributed by atoms with Gasteiger partial charge in [0.2, 0.25) is 5.82 Å². The molecule has 2 aromatic rings. The van der Waals surface area contributed by atoms with Crippen molar-refractivity contribution in [1.82, 2.24) is 15.1 Å². The van der Waals surface area contributed by atoms with Crippen molar-refractivity contribution in [2.24, 2.45) is 0 Å². The number of aromatic amines is 2. The molecule has 3 heterocycles. The molecule has 1 aliphatic heterocycles. The molecular weight excluding hydrogens is 248 g/mol. The number of Topliss-reactive ketones (excluding diaryl/α,β-unsaturated/α-hetero) is 1. The van der Waals surface area contributed by atoms with Crippen LogP contribution < -0.4 is 10.1 Å². The number of ketones is 1. The summed E-state index contributed by atoms with van der Waals surface area (Å²) in [5, 5.41) is 4.21. The molecule has 7 nitrogen and oxygen atoms in total. The largest absolute Gasteiger partial charge is 0.381 e. The maximum absolute atomic E-state index is 11.9. The van der Waals surface area contributed by atoms with Gasteiger partial charge in [-0.1, -0.05) is 9.61 Å². The molecule has 1 saturated heterocycles. The first-order valence-corrected chi connectivity index (χ1v) is 6.29. The van der Waals surface area contributed by atoms with Gasteiger partial charge in [0, 0.05) is 20.1 Å². The third kappa shape index (κ3) is 2.06. The van der Waals surface area contributed by atoms with E-state index < -0.39 is 0 Å². The van der Waals surface area contributed by atoms with E-state index in [1.54, 1.807) is 10.7 Å². The van der Waals surface area contributed by atoms with Crippen molar-refractivity contribution in [2.45, 2.75) is 25.7 Å². The van der Waals surface area contributed by atoms with Crippen molar-refractivity contribution in [3.63, 3.8) is 0 Å². The summed E-state index contributed by atoms with van der Waals surface area (Å²) in [5.41, 5.74) is 0.112. The molecule has 3 rings (SSSR count). The highest BCUT2D eigenvalue weighted by Gasteiger charge is 2.28. The Kier molecular flexibility index (Phi) is 2.90. The summed E-state index contributed by atoms with van der Waals surface area (Å²) in [6.07, 6.45) is 3.39. The maximum Gasteiger partial charge on any atom is 0.303 e. The van der Waals surface area contributed by atoms with Crippen LogP contribution in [0.25, 0.3) is 5.52 Å². The Bertz CT molecular complexity index is 682. The second kappa shape index (κ2) is 4.58. The molecule has 0 saturated carbocycles. The Labute approximate surface area is 108 Å². The minimum absolute atomic E-state index is 0.0791. The molecule has 0 spiro atoms. The molecule has 100 valence electrons. The molecule has 0 aromatic carbocycles. The quantitative estimate of drug-likeness (QED) is 0.586. The number of rotatable bonds is 2. The van der Waals surface area contributed by atoms with Gasteiger partial charge in [-0.3, -0.25) is 14.6 Å². The highest BCUT2D eigenvalue weighted by Crippen LogP contribution is 2.22. The van der Waals surface area contributed by atoms with Gasteiger partial charge >= 0.3 is 5.56 Å². The van der Waals surface area contributed by atoms with E-state index in [1.807, 2.05) is 0 Å². The summed E-state index contributed by atoms with van der Waals surface area (Å²) in [5.74, 6) is 0.943. The lowest BCUT2D eigenvalue weighted by atomic mass is 10.00. The summed E-state index contributed by atoms with van der Waals surface area (Å²) >= 11 is 0. The van der Waals surface area contributed by atoms with E-state index in [2.05, 4.69) is 15.1 Å². The van der Waals surface area contributed by atoms with Crippen LogP contribution in [0.5, 0.6) is 0 Å². The smallest absolute Gasteiger partial charge is 0.303 e. The highest BCUT2D eigenvalue weighted by molar-refractivity contribution is 5.89. The van der Waals surface area contributed by atoms with Gasteiger partial charge in [-0.15, -0.1) is 0 Å². The molecule has 0 amide bonds. The van der Waals surface area contributed by atoms with Crippen molar-refractivity contribution in [2.75, 3.05) is 13.2 Å². The first-order chi connectivity index (χ1) is 9.16.